The fraction of sp³-hybridized carbons (Fsp3) is 0.391. The lowest BCUT2D eigenvalue weighted by atomic mass is 10.0. The van der Waals surface area contributed by atoms with Gasteiger partial charge >= 0.3 is 0 Å². The number of hydrogen-bond donors (Lipinski definition) is 2. The molecule has 0 aromatic heterocycles. The van der Waals surface area contributed by atoms with E-state index in [0.717, 1.165) is 5.56 Å². The highest BCUT2D eigenvalue weighted by Crippen LogP contribution is 2.33. The minimum atomic E-state index is -3.98. The molecule has 2 amide bonds. The van der Waals surface area contributed by atoms with Crippen molar-refractivity contribution in [2.75, 3.05) is 16.8 Å². The van der Waals surface area contributed by atoms with E-state index in [4.69, 9.17) is 0 Å². The molecule has 166 valence electrons. The summed E-state index contributed by atoms with van der Waals surface area (Å²) in [6.07, 6.45) is 0.807. The Bertz CT molecular complexity index is 1100. The standard InChI is InChI=1S/C23H29N3O4S/c1-15(2)14-20(23(28)24-19-9-6-5-8-16(19)3)25-31(29,30)22-11-7-10-21-18(22)12-13-26(21)17(4)27/h5-11,15,20,25H,12-14H2,1-4H3,(H,24,28). The zero-order valence-corrected chi connectivity index (χ0v) is 19.1. The van der Waals surface area contributed by atoms with Crippen LogP contribution in [0.2, 0.25) is 0 Å². The molecule has 8 heteroatoms. The molecular formula is C23H29N3O4S. The number of nitrogens with one attached hydrogen (secondary N) is 2. The summed E-state index contributed by atoms with van der Waals surface area (Å²) >= 11 is 0. The highest BCUT2D eigenvalue weighted by molar-refractivity contribution is 7.89. The summed E-state index contributed by atoms with van der Waals surface area (Å²) in [5, 5.41) is 2.85. The van der Waals surface area contributed by atoms with Gasteiger partial charge in [0.15, 0.2) is 0 Å². The molecule has 1 atom stereocenters. The number of sulfonamides is 1. The summed E-state index contributed by atoms with van der Waals surface area (Å²) < 4.78 is 29.2. The number of hydrogen-bond acceptors (Lipinski definition) is 4. The van der Waals surface area contributed by atoms with Gasteiger partial charge in [-0.1, -0.05) is 38.1 Å². The first-order valence-electron chi connectivity index (χ1n) is 10.4. The monoisotopic (exact) mass is 443 g/mol. The van der Waals surface area contributed by atoms with E-state index in [1.165, 1.54) is 13.0 Å². The molecule has 0 spiro atoms. The molecule has 0 saturated carbocycles. The zero-order valence-electron chi connectivity index (χ0n) is 18.3. The normalized spacial score (nSPS) is 14.4. The van der Waals surface area contributed by atoms with E-state index in [0.29, 0.717) is 36.3 Å². The van der Waals surface area contributed by atoms with Crippen molar-refractivity contribution in [1.29, 1.82) is 0 Å². The average molecular weight is 444 g/mol. The number of para-hydroxylation sites is 1. The molecule has 2 aromatic carbocycles. The van der Waals surface area contributed by atoms with E-state index >= 15 is 0 Å². The van der Waals surface area contributed by atoms with Gasteiger partial charge in [-0.3, -0.25) is 9.59 Å². The molecule has 0 aliphatic carbocycles. The van der Waals surface area contributed by atoms with E-state index in [1.807, 2.05) is 39.0 Å². The maximum absolute atomic E-state index is 13.3. The minimum Gasteiger partial charge on any atom is -0.324 e. The number of carbonyl (C=O) groups excluding carboxylic acids is 2. The molecule has 2 N–H and O–H groups in total. The number of amides is 2. The Hall–Kier alpha value is -2.71. The van der Waals surface area contributed by atoms with E-state index in [-0.39, 0.29) is 16.7 Å². The highest BCUT2D eigenvalue weighted by atomic mass is 32.2. The molecule has 2 aromatic rings. The third kappa shape index (κ3) is 5.14. The van der Waals surface area contributed by atoms with Crippen molar-refractivity contribution >= 4 is 33.2 Å². The topological polar surface area (TPSA) is 95.6 Å². The van der Waals surface area contributed by atoms with Crippen molar-refractivity contribution in [2.24, 2.45) is 5.92 Å². The first kappa shape index (κ1) is 23.0. The second-order valence-electron chi connectivity index (χ2n) is 8.28. The quantitative estimate of drug-likeness (QED) is 0.687. The maximum Gasteiger partial charge on any atom is 0.242 e. The van der Waals surface area contributed by atoms with Crippen molar-refractivity contribution in [3.63, 3.8) is 0 Å². The van der Waals surface area contributed by atoms with Gasteiger partial charge in [0.25, 0.3) is 0 Å². The maximum atomic E-state index is 13.3. The number of benzene rings is 2. The van der Waals surface area contributed by atoms with E-state index in [2.05, 4.69) is 10.0 Å². The Morgan fingerprint density at radius 1 is 1.10 bits per heavy atom. The van der Waals surface area contributed by atoms with Gasteiger partial charge in [0.1, 0.15) is 6.04 Å². The predicted octanol–water partition coefficient (Wildman–Crippen LogP) is 3.24. The van der Waals surface area contributed by atoms with E-state index in [1.54, 1.807) is 23.1 Å². The van der Waals surface area contributed by atoms with Crippen molar-refractivity contribution < 1.29 is 18.0 Å². The lowest BCUT2D eigenvalue weighted by Crippen LogP contribution is -2.44. The van der Waals surface area contributed by atoms with E-state index < -0.39 is 22.0 Å². The Kier molecular flexibility index (Phi) is 6.81. The largest absolute Gasteiger partial charge is 0.324 e. The predicted molar refractivity (Wildman–Crippen MR) is 122 cm³/mol. The molecule has 0 bridgehead atoms. The molecule has 3 rings (SSSR count). The fourth-order valence-corrected chi connectivity index (χ4v) is 5.34. The van der Waals surface area contributed by atoms with Crippen LogP contribution < -0.4 is 14.9 Å². The van der Waals surface area contributed by atoms with Crippen LogP contribution >= 0.6 is 0 Å². The third-order valence-electron chi connectivity index (χ3n) is 5.38. The van der Waals surface area contributed by atoms with Gasteiger partial charge in [0.2, 0.25) is 21.8 Å². The van der Waals surface area contributed by atoms with E-state index in [9.17, 15) is 18.0 Å². The number of fused-ring (bicyclic) bond motifs is 1. The molecule has 1 aliphatic heterocycles. The van der Waals surface area contributed by atoms with Crippen LogP contribution in [0.15, 0.2) is 47.4 Å². The van der Waals surface area contributed by atoms with Crippen LogP contribution in [0.1, 0.15) is 38.3 Å². The molecule has 1 unspecified atom stereocenters. The highest BCUT2D eigenvalue weighted by Gasteiger charge is 2.32. The second-order valence-corrected chi connectivity index (χ2v) is 9.96. The number of carbonyl (C=O) groups is 2. The summed E-state index contributed by atoms with van der Waals surface area (Å²) in [5.41, 5.74) is 2.76. The van der Waals surface area contributed by atoms with Gasteiger partial charge in [-0.05, 0) is 55.0 Å². The summed E-state index contributed by atoms with van der Waals surface area (Å²) in [6.45, 7) is 7.66. The number of nitrogens with zero attached hydrogens (tertiary/aromatic N) is 1. The molecule has 7 nitrogen and oxygen atoms in total. The Balaban J connectivity index is 1.89. The Labute approximate surface area is 183 Å². The van der Waals surface area contributed by atoms with Gasteiger partial charge in [0.05, 0.1) is 4.90 Å². The summed E-state index contributed by atoms with van der Waals surface area (Å²) in [4.78, 5) is 26.6. The number of aryl methyl sites for hydroxylation is 1. The lowest BCUT2D eigenvalue weighted by molar-refractivity contribution is -0.118. The Morgan fingerprint density at radius 3 is 2.45 bits per heavy atom. The second kappa shape index (κ2) is 9.20. The van der Waals surface area contributed by atoms with Crippen molar-refractivity contribution in [2.45, 2.75) is 51.5 Å². The molecule has 0 saturated heterocycles. The van der Waals surface area contributed by atoms with Gasteiger partial charge in [0, 0.05) is 24.8 Å². The minimum absolute atomic E-state index is 0.102. The zero-order chi connectivity index (χ0) is 22.8. The van der Waals surface area contributed by atoms with Crippen LogP contribution in [0.3, 0.4) is 0 Å². The van der Waals surface area contributed by atoms with Gasteiger partial charge < -0.3 is 10.2 Å². The van der Waals surface area contributed by atoms with Crippen LogP contribution in [0, 0.1) is 12.8 Å². The van der Waals surface area contributed by atoms with Gasteiger partial charge in [-0.2, -0.15) is 4.72 Å². The summed E-state index contributed by atoms with van der Waals surface area (Å²) in [7, 11) is -3.98. The first-order chi connectivity index (χ1) is 14.6. The van der Waals surface area contributed by atoms with Crippen LogP contribution in [0.5, 0.6) is 0 Å². The average Bonchev–Trinajstić information content (AvgIpc) is 3.13. The van der Waals surface area contributed by atoms with Crippen LogP contribution in [-0.4, -0.2) is 32.8 Å². The lowest BCUT2D eigenvalue weighted by Gasteiger charge is -2.22. The van der Waals surface area contributed by atoms with Gasteiger partial charge in [-0.15, -0.1) is 0 Å². The molecule has 1 aliphatic rings. The number of anilines is 2. The van der Waals surface area contributed by atoms with Crippen LogP contribution in [0.4, 0.5) is 11.4 Å². The molecular weight excluding hydrogens is 414 g/mol. The summed E-state index contributed by atoms with van der Waals surface area (Å²) in [6, 6.07) is 11.3. The van der Waals surface area contributed by atoms with Crippen LogP contribution in [-0.2, 0) is 26.0 Å². The molecule has 31 heavy (non-hydrogen) atoms. The summed E-state index contributed by atoms with van der Waals surface area (Å²) in [5.74, 6) is -0.425. The fourth-order valence-electron chi connectivity index (χ4n) is 3.84. The molecule has 0 radical (unpaired) electrons. The molecule has 1 heterocycles. The van der Waals surface area contributed by atoms with Crippen molar-refractivity contribution in [1.82, 2.24) is 4.72 Å². The number of rotatable bonds is 7. The van der Waals surface area contributed by atoms with Crippen LogP contribution in [0.25, 0.3) is 0 Å². The van der Waals surface area contributed by atoms with Gasteiger partial charge in [-0.25, -0.2) is 8.42 Å². The SMILES string of the molecule is CC(=O)N1CCc2c1cccc2S(=O)(=O)NC(CC(C)C)C(=O)Nc1ccccc1C. The smallest absolute Gasteiger partial charge is 0.242 e. The van der Waals surface area contributed by atoms with Crippen molar-refractivity contribution in [3.05, 3.63) is 53.6 Å². The third-order valence-corrected chi connectivity index (χ3v) is 6.93. The Morgan fingerprint density at radius 2 is 1.81 bits per heavy atom. The molecule has 0 fully saturated rings. The van der Waals surface area contributed by atoms with Crippen molar-refractivity contribution in [3.8, 4) is 0 Å². The first-order valence-corrected chi connectivity index (χ1v) is 11.9.